The number of fused-ring (bicyclic) bond motifs is 2. The normalized spacial score (nSPS) is 36.2. The van der Waals surface area contributed by atoms with E-state index in [4.69, 9.17) is 4.74 Å². The van der Waals surface area contributed by atoms with Crippen molar-refractivity contribution in [2.45, 2.75) is 57.4 Å². The number of nitrogens with zero attached hydrogens (tertiary/aromatic N) is 2. The highest BCUT2D eigenvalue weighted by molar-refractivity contribution is 5.83. The molecular formula is C19H32N2O2. The van der Waals surface area contributed by atoms with E-state index in [9.17, 15) is 4.79 Å². The van der Waals surface area contributed by atoms with Gasteiger partial charge < -0.3 is 9.64 Å². The number of ether oxygens (including phenoxy) is 1. The Morgan fingerprint density at radius 2 is 1.91 bits per heavy atom. The van der Waals surface area contributed by atoms with Crippen LogP contribution < -0.4 is 0 Å². The van der Waals surface area contributed by atoms with Crippen molar-refractivity contribution < 1.29 is 9.53 Å². The van der Waals surface area contributed by atoms with Crippen LogP contribution in [0, 0.1) is 17.3 Å². The first-order valence-corrected chi connectivity index (χ1v) is 9.74. The molecular weight excluding hydrogens is 288 g/mol. The van der Waals surface area contributed by atoms with E-state index >= 15 is 0 Å². The van der Waals surface area contributed by atoms with E-state index in [1.54, 1.807) is 7.11 Å². The summed E-state index contributed by atoms with van der Waals surface area (Å²) in [5.41, 5.74) is -0.0788. The maximum Gasteiger partial charge on any atom is 0.228 e. The third kappa shape index (κ3) is 2.82. The number of carbonyl (C=O) groups is 1. The van der Waals surface area contributed by atoms with Crippen LogP contribution in [0.25, 0.3) is 0 Å². The molecule has 4 heteroatoms. The Bertz CT molecular complexity index is 441. The van der Waals surface area contributed by atoms with Gasteiger partial charge in [-0.05, 0) is 50.4 Å². The summed E-state index contributed by atoms with van der Waals surface area (Å²) in [6.07, 6.45) is 10.1. The van der Waals surface area contributed by atoms with Crippen LogP contribution in [0.2, 0.25) is 0 Å². The van der Waals surface area contributed by atoms with Gasteiger partial charge in [0.25, 0.3) is 0 Å². The number of hydrogen-bond donors (Lipinski definition) is 0. The molecule has 23 heavy (non-hydrogen) atoms. The molecule has 3 aliphatic carbocycles. The fraction of sp³-hybridized carbons (Fsp3) is 0.947. The minimum absolute atomic E-state index is 0.0788. The van der Waals surface area contributed by atoms with Gasteiger partial charge in [-0.25, -0.2) is 0 Å². The summed E-state index contributed by atoms with van der Waals surface area (Å²) in [7, 11) is 1.74. The molecule has 4 aliphatic rings. The molecule has 3 saturated carbocycles. The van der Waals surface area contributed by atoms with Gasteiger partial charge in [0.05, 0.1) is 5.41 Å². The molecule has 0 radical (unpaired) electrons. The maximum atomic E-state index is 13.0. The Morgan fingerprint density at radius 3 is 2.43 bits per heavy atom. The fourth-order valence-electron chi connectivity index (χ4n) is 5.72. The highest BCUT2D eigenvalue weighted by atomic mass is 16.5. The summed E-state index contributed by atoms with van der Waals surface area (Å²) < 4.78 is 5.24. The van der Waals surface area contributed by atoms with Gasteiger partial charge in [0.1, 0.15) is 0 Å². The topological polar surface area (TPSA) is 32.8 Å². The number of piperazine rings is 1. The molecule has 0 aromatic heterocycles. The molecule has 1 saturated heterocycles. The molecule has 1 aliphatic heterocycles. The molecule has 1 heterocycles. The standard InChI is InChI=1S/C19H32N2O2/c1-23-12-7-19(5-2-6-19)18(22)21-10-8-20(9-11-21)17-14-15-3-4-16(17)13-15/h15-17H,2-14H2,1H3. The second-order valence-electron chi connectivity index (χ2n) is 8.45. The third-order valence-electron chi connectivity index (χ3n) is 7.32. The Hall–Kier alpha value is -0.610. The van der Waals surface area contributed by atoms with Crippen LogP contribution in [0.3, 0.4) is 0 Å². The Morgan fingerprint density at radius 1 is 1.13 bits per heavy atom. The molecule has 3 unspecified atom stereocenters. The number of hydrogen-bond acceptors (Lipinski definition) is 3. The van der Waals surface area contributed by atoms with Crippen LogP contribution >= 0.6 is 0 Å². The number of methoxy groups -OCH3 is 1. The minimum atomic E-state index is -0.0788. The SMILES string of the molecule is COCCC1(C(=O)N2CCN(C3CC4CCC3C4)CC2)CCC1. The van der Waals surface area contributed by atoms with E-state index in [0.29, 0.717) is 5.91 Å². The van der Waals surface area contributed by atoms with Gasteiger partial charge in [-0.3, -0.25) is 9.69 Å². The monoisotopic (exact) mass is 320 g/mol. The molecule has 2 bridgehead atoms. The smallest absolute Gasteiger partial charge is 0.228 e. The average Bonchev–Trinajstić information content (AvgIpc) is 3.17. The highest BCUT2D eigenvalue weighted by Gasteiger charge is 2.47. The van der Waals surface area contributed by atoms with Gasteiger partial charge in [-0.2, -0.15) is 0 Å². The lowest BCUT2D eigenvalue weighted by Gasteiger charge is -2.47. The maximum absolute atomic E-state index is 13.0. The van der Waals surface area contributed by atoms with Gasteiger partial charge in [0, 0.05) is 45.9 Å². The van der Waals surface area contributed by atoms with Crippen LogP contribution in [-0.4, -0.2) is 61.6 Å². The van der Waals surface area contributed by atoms with Crippen molar-refractivity contribution in [1.29, 1.82) is 0 Å². The Balaban J connectivity index is 1.31. The molecule has 130 valence electrons. The number of amides is 1. The second-order valence-corrected chi connectivity index (χ2v) is 8.45. The predicted octanol–water partition coefficient (Wildman–Crippen LogP) is 2.53. The van der Waals surface area contributed by atoms with Crippen LogP contribution in [0.4, 0.5) is 0 Å². The lowest BCUT2D eigenvalue weighted by Crippen LogP contribution is -2.57. The van der Waals surface area contributed by atoms with Crippen LogP contribution in [0.1, 0.15) is 51.4 Å². The van der Waals surface area contributed by atoms with Crippen molar-refractivity contribution in [1.82, 2.24) is 9.80 Å². The summed E-state index contributed by atoms with van der Waals surface area (Å²) in [4.78, 5) is 17.9. The summed E-state index contributed by atoms with van der Waals surface area (Å²) in [5, 5.41) is 0. The second kappa shape index (κ2) is 6.36. The summed E-state index contributed by atoms with van der Waals surface area (Å²) in [6, 6.07) is 0.831. The van der Waals surface area contributed by atoms with Crippen molar-refractivity contribution in [3.8, 4) is 0 Å². The lowest BCUT2D eigenvalue weighted by molar-refractivity contribution is -0.151. The molecule has 4 nitrogen and oxygen atoms in total. The average molecular weight is 320 g/mol. The van der Waals surface area contributed by atoms with E-state index in [2.05, 4.69) is 9.80 Å². The summed E-state index contributed by atoms with van der Waals surface area (Å²) in [5.74, 6) is 2.40. The molecule has 0 aromatic rings. The van der Waals surface area contributed by atoms with E-state index in [0.717, 1.165) is 69.9 Å². The van der Waals surface area contributed by atoms with Crippen molar-refractivity contribution in [2.75, 3.05) is 39.9 Å². The van der Waals surface area contributed by atoms with Gasteiger partial charge in [-0.1, -0.05) is 12.8 Å². The van der Waals surface area contributed by atoms with Crippen molar-refractivity contribution in [3.63, 3.8) is 0 Å². The van der Waals surface area contributed by atoms with E-state index < -0.39 is 0 Å². The fourth-order valence-corrected chi connectivity index (χ4v) is 5.72. The first kappa shape index (κ1) is 15.9. The van der Waals surface area contributed by atoms with E-state index in [-0.39, 0.29) is 5.41 Å². The lowest BCUT2D eigenvalue weighted by atomic mass is 9.65. The minimum Gasteiger partial charge on any atom is -0.385 e. The molecule has 4 fully saturated rings. The van der Waals surface area contributed by atoms with Gasteiger partial charge in [-0.15, -0.1) is 0 Å². The van der Waals surface area contributed by atoms with Gasteiger partial charge in [0.2, 0.25) is 5.91 Å². The van der Waals surface area contributed by atoms with E-state index in [1.807, 2.05) is 0 Å². The number of rotatable bonds is 5. The summed E-state index contributed by atoms with van der Waals surface area (Å²) >= 11 is 0. The molecule has 4 rings (SSSR count). The largest absolute Gasteiger partial charge is 0.385 e. The van der Waals surface area contributed by atoms with Crippen LogP contribution in [0.15, 0.2) is 0 Å². The summed E-state index contributed by atoms with van der Waals surface area (Å²) in [6.45, 7) is 4.81. The zero-order chi connectivity index (χ0) is 15.9. The third-order valence-corrected chi connectivity index (χ3v) is 7.32. The van der Waals surface area contributed by atoms with Crippen LogP contribution in [0.5, 0.6) is 0 Å². The van der Waals surface area contributed by atoms with Gasteiger partial charge in [0.15, 0.2) is 0 Å². The Labute approximate surface area is 140 Å². The highest BCUT2D eigenvalue weighted by Crippen LogP contribution is 2.48. The zero-order valence-corrected chi connectivity index (χ0v) is 14.6. The first-order chi connectivity index (χ1) is 11.2. The predicted molar refractivity (Wildman–Crippen MR) is 90.2 cm³/mol. The molecule has 1 amide bonds. The molecule has 0 spiro atoms. The van der Waals surface area contributed by atoms with Gasteiger partial charge >= 0.3 is 0 Å². The molecule has 0 N–H and O–H groups in total. The van der Waals surface area contributed by atoms with Crippen molar-refractivity contribution in [2.24, 2.45) is 17.3 Å². The molecule has 0 aromatic carbocycles. The van der Waals surface area contributed by atoms with Crippen molar-refractivity contribution in [3.05, 3.63) is 0 Å². The Kier molecular flexibility index (Phi) is 4.39. The van der Waals surface area contributed by atoms with E-state index in [1.165, 1.54) is 32.1 Å². The van der Waals surface area contributed by atoms with Crippen LogP contribution in [-0.2, 0) is 9.53 Å². The van der Waals surface area contributed by atoms with Crippen molar-refractivity contribution >= 4 is 5.91 Å². The number of carbonyl (C=O) groups excluding carboxylic acids is 1. The molecule has 3 atom stereocenters. The first-order valence-electron chi connectivity index (χ1n) is 9.74. The zero-order valence-electron chi connectivity index (χ0n) is 14.6. The quantitative estimate of drug-likeness (QED) is 0.780.